The largest absolute Gasteiger partial charge is 0.351 e. The predicted octanol–water partition coefficient (Wildman–Crippen LogP) is 1.05. The van der Waals surface area contributed by atoms with Gasteiger partial charge in [0.05, 0.1) is 11.3 Å². The summed E-state index contributed by atoms with van der Waals surface area (Å²) in [7, 11) is 0. The Balaban J connectivity index is 1.64. The van der Waals surface area contributed by atoms with Crippen molar-refractivity contribution in [3.8, 4) is 0 Å². The van der Waals surface area contributed by atoms with Crippen LogP contribution in [0.25, 0.3) is 0 Å². The summed E-state index contributed by atoms with van der Waals surface area (Å²) in [6.45, 7) is 2.15. The second-order valence-corrected chi connectivity index (χ2v) is 5.37. The van der Waals surface area contributed by atoms with E-state index in [-0.39, 0.29) is 5.91 Å². The van der Waals surface area contributed by atoms with Crippen LogP contribution in [0.5, 0.6) is 0 Å². The lowest BCUT2D eigenvalue weighted by molar-refractivity contribution is 0.0948. The molecule has 108 valence electrons. The Morgan fingerprint density at radius 1 is 1.45 bits per heavy atom. The van der Waals surface area contributed by atoms with E-state index in [1.807, 2.05) is 10.8 Å². The van der Waals surface area contributed by atoms with Crippen molar-refractivity contribution < 1.29 is 4.79 Å². The Kier molecular flexibility index (Phi) is 5.69. The number of carbonyl (C=O) groups is 1. The lowest BCUT2D eigenvalue weighted by atomic mass is 10.3. The van der Waals surface area contributed by atoms with Crippen molar-refractivity contribution in [2.24, 2.45) is 5.73 Å². The number of amides is 1. The van der Waals surface area contributed by atoms with E-state index in [4.69, 9.17) is 5.73 Å². The maximum Gasteiger partial charge on any atom is 0.270 e. The molecule has 0 aliphatic rings. The third-order valence-corrected chi connectivity index (χ3v) is 3.74. The third kappa shape index (κ3) is 4.43. The number of nitrogens with two attached hydrogens (primary N) is 1. The van der Waals surface area contributed by atoms with Gasteiger partial charge in [-0.3, -0.25) is 4.79 Å². The van der Waals surface area contributed by atoms with Gasteiger partial charge in [0.2, 0.25) is 0 Å². The molecule has 6 nitrogen and oxygen atoms in total. The molecule has 0 saturated heterocycles. The highest BCUT2D eigenvalue weighted by Gasteiger charge is 2.09. The number of unbranched alkanes of at least 4 members (excludes halogenated alkanes) is 1. The Hall–Kier alpha value is -1.73. The lowest BCUT2D eigenvalue weighted by Crippen LogP contribution is -2.25. The summed E-state index contributed by atoms with van der Waals surface area (Å²) >= 11 is 1.48. The minimum atomic E-state index is -0.104. The molecule has 0 bridgehead atoms. The number of hydrogen-bond donors (Lipinski definition) is 2. The molecular weight excluding hydrogens is 274 g/mol. The fourth-order valence-corrected chi connectivity index (χ4v) is 2.58. The molecule has 1 amide bonds. The highest BCUT2D eigenvalue weighted by Crippen LogP contribution is 2.09. The summed E-state index contributed by atoms with van der Waals surface area (Å²) in [5.41, 5.74) is 5.95. The van der Waals surface area contributed by atoms with Gasteiger partial charge >= 0.3 is 0 Å². The van der Waals surface area contributed by atoms with Gasteiger partial charge < -0.3 is 15.6 Å². The van der Waals surface area contributed by atoms with Crippen LogP contribution in [0.2, 0.25) is 0 Å². The van der Waals surface area contributed by atoms with Crippen molar-refractivity contribution in [2.75, 3.05) is 13.1 Å². The van der Waals surface area contributed by atoms with E-state index in [2.05, 4.69) is 15.3 Å². The Morgan fingerprint density at radius 2 is 2.35 bits per heavy atom. The van der Waals surface area contributed by atoms with E-state index < -0.39 is 0 Å². The maximum atomic E-state index is 11.8. The average molecular weight is 293 g/mol. The Bertz CT molecular complexity index is 523. The van der Waals surface area contributed by atoms with E-state index in [0.717, 1.165) is 30.8 Å². The van der Waals surface area contributed by atoms with E-state index in [0.29, 0.717) is 18.8 Å². The van der Waals surface area contributed by atoms with Gasteiger partial charge in [-0.05, 0) is 19.4 Å². The smallest absolute Gasteiger partial charge is 0.270 e. The number of thiazole rings is 1. The zero-order valence-electron chi connectivity index (χ0n) is 11.3. The fourth-order valence-electron chi connectivity index (χ4n) is 1.78. The van der Waals surface area contributed by atoms with Crippen LogP contribution < -0.4 is 11.1 Å². The molecule has 2 aromatic heterocycles. The molecule has 2 rings (SSSR count). The van der Waals surface area contributed by atoms with Gasteiger partial charge in [0.25, 0.3) is 5.91 Å². The molecule has 7 heteroatoms. The molecule has 2 aromatic rings. The molecule has 2 heterocycles. The average Bonchev–Trinajstić information content (AvgIpc) is 3.10. The molecule has 0 aliphatic carbocycles. The van der Waals surface area contributed by atoms with Crippen LogP contribution in [-0.4, -0.2) is 33.5 Å². The highest BCUT2D eigenvalue weighted by molar-refractivity contribution is 7.09. The maximum absolute atomic E-state index is 11.8. The van der Waals surface area contributed by atoms with Crippen LogP contribution in [-0.2, 0) is 13.0 Å². The van der Waals surface area contributed by atoms with Crippen LogP contribution in [0, 0.1) is 0 Å². The first-order valence-electron chi connectivity index (χ1n) is 6.68. The van der Waals surface area contributed by atoms with E-state index in [9.17, 15) is 4.79 Å². The summed E-state index contributed by atoms with van der Waals surface area (Å²) < 4.78 is 2.03. The van der Waals surface area contributed by atoms with Crippen LogP contribution in [0.4, 0.5) is 0 Å². The van der Waals surface area contributed by atoms with E-state index in [1.165, 1.54) is 11.3 Å². The number of hydrogen-bond acceptors (Lipinski definition) is 5. The van der Waals surface area contributed by atoms with Crippen molar-refractivity contribution in [1.82, 2.24) is 19.9 Å². The first-order valence-corrected chi connectivity index (χ1v) is 7.56. The zero-order valence-corrected chi connectivity index (χ0v) is 12.1. The molecule has 20 heavy (non-hydrogen) atoms. The van der Waals surface area contributed by atoms with E-state index >= 15 is 0 Å². The topological polar surface area (TPSA) is 85.8 Å². The first-order chi connectivity index (χ1) is 9.79. The van der Waals surface area contributed by atoms with Crippen LogP contribution in [0.15, 0.2) is 24.1 Å². The minimum absolute atomic E-state index is 0.104. The Labute approximate surface area is 122 Å². The van der Waals surface area contributed by atoms with Crippen molar-refractivity contribution in [1.29, 1.82) is 0 Å². The summed E-state index contributed by atoms with van der Waals surface area (Å²) in [5, 5.41) is 5.58. The minimum Gasteiger partial charge on any atom is -0.351 e. The summed E-state index contributed by atoms with van der Waals surface area (Å²) in [6, 6.07) is 0. The molecule has 0 saturated carbocycles. The molecule has 0 unspecified atom stereocenters. The molecule has 0 spiro atoms. The van der Waals surface area contributed by atoms with Crippen LogP contribution >= 0.6 is 11.3 Å². The number of rotatable bonds is 8. The Morgan fingerprint density at radius 3 is 3.10 bits per heavy atom. The van der Waals surface area contributed by atoms with Crippen molar-refractivity contribution in [2.45, 2.75) is 25.8 Å². The van der Waals surface area contributed by atoms with Crippen molar-refractivity contribution in [3.63, 3.8) is 0 Å². The number of carbonyl (C=O) groups excluding carboxylic acids is 1. The molecule has 0 fully saturated rings. The van der Waals surface area contributed by atoms with Crippen molar-refractivity contribution >= 4 is 17.2 Å². The van der Waals surface area contributed by atoms with Gasteiger partial charge in [-0.25, -0.2) is 9.97 Å². The second-order valence-electron chi connectivity index (χ2n) is 4.43. The van der Waals surface area contributed by atoms with Gasteiger partial charge in [-0.1, -0.05) is 0 Å². The number of imidazole rings is 1. The number of nitrogens with one attached hydrogen (secondary N) is 1. The highest BCUT2D eigenvalue weighted by atomic mass is 32.1. The standard InChI is InChI=1S/C13H19N5OS/c14-4-3-12-17-11(9-20-12)13(19)16-5-1-2-7-18-8-6-15-10-18/h6,8-10H,1-5,7,14H2,(H,16,19). The summed E-state index contributed by atoms with van der Waals surface area (Å²) in [4.78, 5) is 20.1. The quantitative estimate of drug-likeness (QED) is 0.712. The fraction of sp³-hybridized carbons (Fsp3) is 0.462. The lowest BCUT2D eigenvalue weighted by Gasteiger charge is -2.04. The monoisotopic (exact) mass is 293 g/mol. The molecule has 0 aromatic carbocycles. The number of aromatic nitrogens is 3. The van der Waals surface area contributed by atoms with Gasteiger partial charge in [0, 0.05) is 37.3 Å². The van der Waals surface area contributed by atoms with Gasteiger partial charge in [-0.15, -0.1) is 11.3 Å². The normalized spacial score (nSPS) is 10.7. The molecular formula is C13H19N5OS. The van der Waals surface area contributed by atoms with Crippen LogP contribution in [0.1, 0.15) is 28.3 Å². The van der Waals surface area contributed by atoms with Crippen molar-refractivity contribution in [3.05, 3.63) is 34.8 Å². The number of nitrogens with zero attached hydrogens (tertiary/aromatic N) is 3. The second kappa shape index (κ2) is 7.76. The molecule has 0 radical (unpaired) electrons. The summed E-state index contributed by atoms with van der Waals surface area (Å²) in [6.07, 6.45) is 8.17. The third-order valence-electron chi connectivity index (χ3n) is 2.83. The van der Waals surface area contributed by atoms with Gasteiger partial charge in [0.15, 0.2) is 0 Å². The van der Waals surface area contributed by atoms with Gasteiger partial charge in [0.1, 0.15) is 5.69 Å². The van der Waals surface area contributed by atoms with Crippen LogP contribution in [0.3, 0.4) is 0 Å². The number of aryl methyl sites for hydroxylation is 1. The molecule has 3 N–H and O–H groups in total. The summed E-state index contributed by atoms with van der Waals surface area (Å²) in [5.74, 6) is -0.104. The molecule has 0 aliphatic heterocycles. The predicted molar refractivity (Wildman–Crippen MR) is 78.7 cm³/mol. The van der Waals surface area contributed by atoms with E-state index in [1.54, 1.807) is 17.9 Å². The zero-order chi connectivity index (χ0) is 14.2. The first kappa shape index (κ1) is 14.7. The SMILES string of the molecule is NCCc1nc(C(=O)NCCCCn2ccnc2)cs1. The molecule has 0 atom stereocenters. The van der Waals surface area contributed by atoms with Gasteiger partial charge in [-0.2, -0.15) is 0 Å².